The van der Waals surface area contributed by atoms with Gasteiger partial charge in [-0.25, -0.2) is 4.52 Å². The number of nitrogens with one attached hydrogen (secondary N) is 1. The summed E-state index contributed by atoms with van der Waals surface area (Å²) in [4.78, 5) is 17.6. The summed E-state index contributed by atoms with van der Waals surface area (Å²) in [6.45, 7) is 8.28. The fourth-order valence-electron chi connectivity index (χ4n) is 3.21. The fourth-order valence-corrected chi connectivity index (χ4v) is 4.17. The summed E-state index contributed by atoms with van der Waals surface area (Å²) in [5.74, 6) is 0.638. The lowest BCUT2D eigenvalue weighted by Gasteiger charge is -2.23. The van der Waals surface area contributed by atoms with Crippen LogP contribution in [0.3, 0.4) is 0 Å². The Labute approximate surface area is 189 Å². The van der Waals surface area contributed by atoms with Gasteiger partial charge < -0.3 is 4.74 Å². The van der Waals surface area contributed by atoms with Crippen LogP contribution in [0.4, 0.5) is 5.95 Å². The molecule has 0 fully saturated rings. The molecule has 4 rings (SSSR count). The van der Waals surface area contributed by atoms with Gasteiger partial charge in [0.1, 0.15) is 5.75 Å². The molecule has 2 heterocycles. The van der Waals surface area contributed by atoms with Crippen molar-refractivity contribution in [3.8, 4) is 17.0 Å². The Morgan fingerprint density at radius 2 is 1.94 bits per heavy atom. The number of aromatic nitrogens is 3. The first-order valence-corrected chi connectivity index (χ1v) is 11.1. The topological polar surface area (TPSA) is 68.5 Å². The van der Waals surface area contributed by atoms with Gasteiger partial charge in [0.05, 0.1) is 5.69 Å². The van der Waals surface area contributed by atoms with Crippen LogP contribution >= 0.6 is 22.9 Å². The number of thiazole rings is 1. The first-order valence-electron chi connectivity index (χ1n) is 9.85. The van der Waals surface area contributed by atoms with Crippen LogP contribution in [0.2, 0.25) is 5.02 Å². The van der Waals surface area contributed by atoms with E-state index in [4.69, 9.17) is 16.3 Å². The average Bonchev–Trinajstić information content (AvgIpc) is 3.27. The van der Waals surface area contributed by atoms with Crippen LogP contribution in [-0.2, 0) is 10.2 Å². The molecule has 0 spiro atoms. The lowest BCUT2D eigenvalue weighted by Crippen LogP contribution is -2.22. The van der Waals surface area contributed by atoms with Crippen LogP contribution in [-0.4, -0.2) is 27.1 Å². The lowest BCUT2D eigenvalue weighted by molar-refractivity contribution is -0.118. The van der Waals surface area contributed by atoms with Gasteiger partial charge in [0.15, 0.2) is 6.61 Å². The number of carbonyl (C=O) groups is 1. The molecular weight excluding hydrogens is 432 g/mol. The number of fused-ring (bicyclic) bond motifs is 1. The minimum Gasteiger partial charge on any atom is -0.483 e. The third-order valence-electron chi connectivity index (χ3n) is 4.77. The molecule has 0 bridgehead atoms. The van der Waals surface area contributed by atoms with Crippen molar-refractivity contribution in [3.63, 3.8) is 0 Å². The second kappa shape index (κ2) is 8.32. The molecule has 0 aliphatic carbocycles. The number of hydrogen-bond acceptors (Lipinski definition) is 5. The van der Waals surface area contributed by atoms with Gasteiger partial charge >= 0.3 is 0 Å². The highest BCUT2D eigenvalue weighted by Crippen LogP contribution is 2.32. The average molecular weight is 455 g/mol. The van der Waals surface area contributed by atoms with Gasteiger partial charge in [-0.1, -0.05) is 62.2 Å². The van der Waals surface area contributed by atoms with Crippen molar-refractivity contribution < 1.29 is 9.53 Å². The second-order valence-corrected chi connectivity index (χ2v) is 9.62. The number of benzene rings is 2. The van der Waals surface area contributed by atoms with Crippen molar-refractivity contribution in [1.82, 2.24) is 14.6 Å². The molecule has 0 saturated heterocycles. The van der Waals surface area contributed by atoms with Gasteiger partial charge in [-0.15, -0.1) is 16.4 Å². The number of rotatable bonds is 5. The Balaban J connectivity index is 1.47. The highest BCUT2D eigenvalue weighted by atomic mass is 35.5. The van der Waals surface area contributed by atoms with E-state index in [2.05, 4.69) is 42.2 Å². The van der Waals surface area contributed by atoms with Crippen LogP contribution in [0.5, 0.6) is 5.75 Å². The molecule has 2 aromatic heterocycles. The Kier molecular flexibility index (Phi) is 5.73. The van der Waals surface area contributed by atoms with E-state index < -0.39 is 0 Å². The molecule has 0 saturated carbocycles. The molecule has 4 aromatic rings. The summed E-state index contributed by atoms with van der Waals surface area (Å²) in [5.41, 5.74) is 3.98. The Morgan fingerprint density at radius 3 is 2.65 bits per heavy atom. The van der Waals surface area contributed by atoms with Crippen molar-refractivity contribution in [2.75, 3.05) is 11.9 Å². The van der Waals surface area contributed by atoms with E-state index in [0.29, 0.717) is 15.7 Å². The molecule has 8 heteroatoms. The zero-order chi connectivity index (χ0) is 22.2. The summed E-state index contributed by atoms with van der Waals surface area (Å²) in [6.07, 6.45) is 0. The number of carbonyl (C=O) groups excluding carboxylic acids is 1. The molecule has 31 heavy (non-hydrogen) atoms. The SMILES string of the molecule is Cc1ccc(OCC(=O)Nc2nc3scc(-c4ccc(Cl)cc4)n3n2)c(C(C)(C)C)c1. The maximum absolute atomic E-state index is 12.5. The van der Waals surface area contributed by atoms with Crippen molar-refractivity contribution in [1.29, 1.82) is 0 Å². The molecule has 0 atom stereocenters. The van der Waals surface area contributed by atoms with Gasteiger partial charge in [0, 0.05) is 16.0 Å². The maximum Gasteiger partial charge on any atom is 0.264 e. The van der Waals surface area contributed by atoms with E-state index in [1.54, 1.807) is 4.52 Å². The smallest absolute Gasteiger partial charge is 0.264 e. The third kappa shape index (κ3) is 4.73. The van der Waals surface area contributed by atoms with Gasteiger partial charge in [0.2, 0.25) is 4.96 Å². The van der Waals surface area contributed by atoms with Crippen molar-refractivity contribution >= 4 is 39.8 Å². The standard InChI is InChI=1S/C23H23ClN4O2S/c1-14-5-10-19(17(11-14)23(2,3)4)30-12-20(29)25-21-26-22-28(27-21)18(13-31-22)15-6-8-16(24)9-7-15/h5-11,13H,12H2,1-4H3,(H,25,27,29). The van der Waals surface area contributed by atoms with E-state index in [0.717, 1.165) is 22.4 Å². The summed E-state index contributed by atoms with van der Waals surface area (Å²) in [7, 11) is 0. The number of ether oxygens (including phenoxy) is 1. The zero-order valence-corrected chi connectivity index (χ0v) is 19.3. The lowest BCUT2D eigenvalue weighted by atomic mass is 9.85. The fraction of sp³-hybridized carbons (Fsp3) is 0.261. The molecule has 160 valence electrons. The number of amides is 1. The molecule has 1 N–H and O–H groups in total. The van der Waals surface area contributed by atoms with Crippen LogP contribution in [0.15, 0.2) is 47.8 Å². The zero-order valence-electron chi connectivity index (χ0n) is 17.8. The van der Waals surface area contributed by atoms with Crippen molar-refractivity contribution in [2.24, 2.45) is 0 Å². The first-order chi connectivity index (χ1) is 14.7. The Morgan fingerprint density at radius 1 is 1.19 bits per heavy atom. The molecule has 0 aliphatic rings. The summed E-state index contributed by atoms with van der Waals surface area (Å²) >= 11 is 7.43. The Bertz CT molecular complexity index is 1240. The van der Waals surface area contributed by atoms with Crippen LogP contribution in [0.1, 0.15) is 31.9 Å². The maximum atomic E-state index is 12.5. The quantitative estimate of drug-likeness (QED) is 0.417. The van der Waals surface area contributed by atoms with Crippen molar-refractivity contribution in [3.05, 3.63) is 64.0 Å². The van der Waals surface area contributed by atoms with Gasteiger partial charge in [-0.3, -0.25) is 10.1 Å². The minimum absolute atomic E-state index is 0.0916. The predicted octanol–water partition coefficient (Wildman–Crippen LogP) is 5.73. The van der Waals surface area contributed by atoms with Crippen LogP contribution < -0.4 is 10.1 Å². The van der Waals surface area contributed by atoms with Gasteiger partial charge in [-0.2, -0.15) is 4.98 Å². The number of hydrogen-bond donors (Lipinski definition) is 1. The first kappa shape index (κ1) is 21.3. The number of anilines is 1. The Hall–Kier alpha value is -2.90. The molecular formula is C23H23ClN4O2S. The van der Waals surface area contributed by atoms with Gasteiger partial charge in [-0.05, 0) is 36.1 Å². The molecule has 2 aromatic carbocycles. The number of nitrogens with zero attached hydrogens (tertiary/aromatic N) is 3. The van der Waals surface area contributed by atoms with E-state index >= 15 is 0 Å². The molecule has 0 radical (unpaired) electrons. The molecule has 0 aliphatic heterocycles. The summed E-state index contributed by atoms with van der Waals surface area (Å²) in [5, 5.41) is 9.80. The highest BCUT2D eigenvalue weighted by Gasteiger charge is 2.20. The normalized spacial score (nSPS) is 11.6. The third-order valence-corrected chi connectivity index (χ3v) is 5.84. The van der Waals surface area contributed by atoms with E-state index in [9.17, 15) is 4.79 Å². The predicted molar refractivity (Wildman–Crippen MR) is 125 cm³/mol. The van der Waals surface area contributed by atoms with E-state index in [1.165, 1.54) is 11.3 Å². The van der Waals surface area contributed by atoms with Crippen LogP contribution in [0, 0.1) is 6.92 Å². The number of halogens is 1. The van der Waals surface area contributed by atoms with Crippen molar-refractivity contribution in [2.45, 2.75) is 33.1 Å². The summed E-state index contributed by atoms with van der Waals surface area (Å²) in [6, 6.07) is 13.5. The minimum atomic E-state index is -0.313. The van der Waals surface area contributed by atoms with Gasteiger partial charge in [0.25, 0.3) is 11.9 Å². The number of aryl methyl sites for hydroxylation is 1. The van der Waals surface area contributed by atoms with E-state index in [-0.39, 0.29) is 23.9 Å². The largest absolute Gasteiger partial charge is 0.483 e. The monoisotopic (exact) mass is 454 g/mol. The molecule has 0 unspecified atom stereocenters. The van der Waals surface area contributed by atoms with E-state index in [1.807, 2.05) is 48.7 Å². The highest BCUT2D eigenvalue weighted by molar-refractivity contribution is 7.15. The molecule has 6 nitrogen and oxygen atoms in total. The summed E-state index contributed by atoms with van der Waals surface area (Å²) < 4.78 is 7.54. The van der Waals surface area contributed by atoms with Crippen LogP contribution in [0.25, 0.3) is 16.2 Å². The second-order valence-electron chi connectivity index (χ2n) is 8.34. The molecule has 1 amide bonds.